The van der Waals surface area contributed by atoms with Crippen molar-refractivity contribution in [3.05, 3.63) is 53.8 Å². The summed E-state index contributed by atoms with van der Waals surface area (Å²) in [5.74, 6) is 0.795. The third-order valence-corrected chi connectivity index (χ3v) is 6.68. The molecule has 0 aliphatic carbocycles. The fourth-order valence-electron chi connectivity index (χ4n) is 4.78. The van der Waals surface area contributed by atoms with E-state index in [2.05, 4.69) is 5.32 Å². The van der Waals surface area contributed by atoms with E-state index < -0.39 is 5.41 Å². The quantitative estimate of drug-likeness (QED) is 0.693. The summed E-state index contributed by atoms with van der Waals surface area (Å²) in [6, 6.07) is 12.5. The van der Waals surface area contributed by atoms with E-state index in [4.69, 9.17) is 14.2 Å². The van der Waals surface area contributed by atoms with Gasteiger partial charge in [-0.3, -0.25) is 4.79 Å². The third kappa shape index (κ3) is 5.30. The van der Waals surface area contributed by atoms with Crippen LogP contribution in [0.1, 0.15) is 31.2 Å². The Kier molecular flexibility index (Phi) is 7.43. The number of rotatable bonds is 7. The number of hydrogen-bond donors (Lipinski definition) is 1. The maximum Gasteiger partial charge on any atom is 0.226 e. The van der Waals surface area contributed by atoms with E-state index in [1.165, 1.54) is 12.1 Å². The second-order valence-electron chi connectivity index (χ2n) is 8.91. The van der Waals surface area contributed by atoms with Crippen LogP contribution in [0, 0.1) is 17.2 Å². The minimum absolute atomic E-state index is 0.0973. The molecule has 2 aliphatic rings. The first-order chi connectivity index (χ1) is 15.6. The van der Waals surface area contributed by atoms with Crippen molar-refractivity contribution in [1.82, 2.24) is 5.32 Å². The molecule has 6 heteroatoms. The normalized spacial score (nSPS) is 20.5. The highest BCUT2D eigenvalue weighted by Crippen LogP contribution is 2.37. The van der Waals surface area contributed by atoms with Gasteiger partial charge in [0.15, 0.2) is 0 Å². The lowest BCUT2D eigenvalue weighted by Crippen LogP contribution is -2.47. The molecule has 5 nitrogen and oxygen atoms in total. The number of carbonyl (C=O) groups excluding carboxylic acids is 1. The van der Waals surface area contributed by atoms with Crippen LogP contribution in [0.2, 0.25) is 0 Å². The molecule has 4 rings (SSSR count). The summed E-state index contributed by atoms with van der Waals surface area (Å²) >= 11 is 0. The lowest BCUT2D eigenvalue weighted by molar-refractivity contribution is -0.137. The maximum atomic E-state index is 13.9. The van der Waals surface area contributed by atoms with E-state index >= 15 is 0 Å². The van der Waals surface area contributed by atoms with Crippen LogP contribution in [0.15, 0.2) is 42.5 Å². The van der Waals surface area contributed by atoms with Crippen molar-refractivity contribution in [3.63, 3.8) is 0 Å². The average molecular weight is 442 g/mol. The number of halogens is 1. The summed E-state index contributed by atoms with van der Waals surface area (Å²) in [6.45, 7) is 3.35. The zero-order valence-corrected chi connectivity index (χ0v) is 18.7. The van der Waals surface area contributed by atoms with Gasteiger partial charge in [-0.25, -0.2) is 4.39 Å². The number of carbonyl (C=O) groups is 1. The zero-order valence-electron chi connectivity index (χ0n) is 18.7. The lowest BCUT2D eigenvalue weighted by Gasteiger charge is -2.36. The highest BCUT2D eigenvalue weighted by atomic mass is 19.1. The van der Waals surface area contributed by atoms with E-state index in [1.54, 1.807) is 13.2 Å². The van der Waals surface area contributed by atoms with E-state index in [9.17, 15) is 9.18 Å². The van der Waals surface area contributed by atoms with Crippen molar-refractivity contribution in [3.8, 4) is 16.9 Å². The molecule has 172 valence electrons. The number of ether oxygens (including phenoxy) is 3. The molecule has 1 N–H and O–H groups in total. The van der Waals surface area contributed by atoms with E-state index in [-0.39, 0.29) is 11.7 Å². The molecule has 2 aliphatic heterocycles. The van der Waals surface area contributed by atoms with Crippen LogP contribution < -0.4 is 10.1 Å². The number of nitrogens with one attached hydrogen (secondary N) is 1. The largest absolute Gasteiger partial charge is 0.496 e. The first-order valence-corrected chi connectivity index (χ1v) is 11.5. The highest BCUT2D eigenvalue weighted by Gasteiger charge is 2.40. The van der Waals surface area contributed by atoms with Gasteiger partial charge in [0.25, 0.3) is 0 Å². The van der Waals surface area contributed by atoms with Gasteiger partial charge < -0.3 is 19.5 Å². The summed E-state index contributed by atoms with van der Waals surface area (Å²) in [7, 11) is 1.58. The van der Waals surface area contributed by atoms with Crippen molar-refractivity contribution in [2.24, 2.45) is 11.3 Å². The van der Waals surface area contributed by atoms with Crippen LogP contribution in [0.3, 0.4) is 0 Å². The Hall–Kier alpha value is -2.44. The predicted molar refractivity (Wildman–Crippen MR) is 121 cm³/mol. The van der Waals surface area contributed by atoms with Gasteiger partial charge in [-0.2, -0.15) is 0 Å². The summed E-state index contributed by atoms with van der Waals surface area (Å²) in [4.78, 5) is 13.4. The Morgan fingerprint density at radius 3 is 2.75 bits per heavy atom. The molecule has 2 aromatic rings. The highest BCUT2D eigenvalue weighted by molar-refractivity contribution is 5.83. The maximum absolute atomic E-state index is 13.9. The van der Waals surface area contributed by atoms with Gasteiger partial charge in [-0.1, -0.05) is 24.3 Å². The molecule has 1 atom stereocenters. The summed E-state index contributed by atoms with van der Waals surface area (Å²) in [5, 5.41) is 3.21. The third-order valence-electron chi connectivity index (χ3n) is 6.68. The van der Waals surface area contributed by atoms with Crippen molar-refractivity contribution in [2.75, 3.05) is 40.1 Å². The molecule has 0 aromatic heterocycles. The van der Waals surface area contributed by atoms with Crippen molar-refractivity contribution >= 4 is 5.91 Å². The van der Waals surface area contributed by atoms with E-state index in [1.807, 2.05) is 24.3 Å². The Morgan fingerprint density at radius 1 is 1.16 bits per heavy atom. The van der Waals surface area contributed by atoms with Crippen LogP contribution in [0.4, 0.5) is 4.39 Å². The topological polar surface area (TPSA) is 56.8 Å². The van der Waals surface area contributed by atoms with Crippen LogP contribution in [-0.4, -0.2) is 46.0 Å². The summed E-state index contributed by atoms with van der Waals surface area (Å²) in [6.07, 6.45) is 4.14. The van der Waals surface area contributed by atoms with E-state index in [0.717, 1.165) is 30.6 Å². The molecule has 2 fully saturated rings. The second kappa shape index (κ2) is 10.5. The summed E-state index contributed by atoms with van der Waals surface area (Å²) in [5.41, 5.74) is 2.13. The number of benzene rings is 2. The van der Waals surface area contributed by atoms with Gasteiger partial charge >= 0.3 is 0 Å². The number of amides is 1. The number of methoxy groups -OCH3 is 1. The molecule has 2 aromatic carbocycles. The molecule has 2 heterocycles. The molecular weight excluding hydrogens is 409 g/mol. The standard InChI is InChI=1S/C26H32FNO4/c1-30-24-8-7-22(27)15-23(24)21-6-2-4-19(14-21)16-26(9-12-31-13-10-26)25(29)28-17-20-5-3-11-32-18-20/h2,4,6-8,14-15,20H,3,5,9-13,16-18H2,1H3,(H,28,29)/t20-/m1/s1. The van der Waals surface area contributed by atoms with Gasteiger partial charge in [0.1, 0.15) is 11.6 Å². The van der Waals surface area contributed by atoms with Crippen LogP contribution in [0.5, 0.6) is 5.75 Å². The van der Waals surface area contributed by atoms with Crippen molar-refractivity contribution < 1.29 is 23.4 Å². The molecular formula is C26H32FNO4. The Bertz CT molecular complexity index is 920. The smallest absolute Gasteiger partial charge is 0.226 e. The van der Waals surface area contributed by atoms with Gasteiger partial charge in [-0.05, 0) is 67.3 Å². The molecule has 1 amide bonds. The van der Waals surface area contributed by atoms with Crippen LogP contribution >= 0.6 is 0 Å². The fraction of sp³-hybridized carbons (Fsp3) is 0.500. The van der Waals surface area contributed by atoms with Crippen LogP contribution in [0.25, 0.3) is 11.1 Å². The SMILES string of the molecule is COc1ccc(F)cc1-c1cccc(CC2(C(=O)NC[C@H]3CCCOC3)CCOCC2)c1. The fourth-order valence-corrected chi connectivity index (χ4v) is 4.78. The first-order valence-electron chi connectivity index (χ1n) is 11.5. The minimum Gasteiger partial charge on any atom is -0.496 e. The lowest BCUT2D eigenvalue weighted by atomic mass is 9.74. The van der Waals surface area contributed by atoms with Gasteiger partial charge in [-0.15, -0.1) is 0 Å². The predicted octanol–water partition coefficient (Wildman–Crippen LogP) is 4.38. The molecule has 0 bridgehead atoms. The monoisotopic (exact) mass is 441 g/mol. The molecule has 0 saturated carbocycles. The van der Waals surface area contributed by atoms with Gasteiger partial charge in [0.2, 0.25) is 5.91 Å². The molecule has 32 heavy (non-hydrogen) atoms. The summed E-state index contributed by atoms with van der Waals surface area (Å²) < 4.78 is 30.5. The Balaban J connectivity index is 1.53. The minimum atomic E-state index is -0.502. The molecule has 0 unspecified atom stereocenters. The average Bonchev–Trinajstić information content (AvgIpc) is 2.84. The second-order valence-corrected chi connectivity index (χ2v) is 8.91. The number of hydrogen-bond acceptors (Lipinski definition) is 4. The first kappa shape index (κ1) is 22.7. The van der Waals surface area contributed by atoms with Crippen molar-refractivity contribution in [1.29, 1.82) is 0 Å². The Morgan fingerprint density at radius 2 is 2.00 bits per heavy atom. The van der Waals surface area contributed by atoms with Crippen LogP contribution in [-0.2, 0) is 20.7 Å². The molecule has 2 saturated heterocycles. The molecule has 0 spiro atoms. The van der Waals surface area contributed by atoms with Gasteiger partial charge in [0.05, 0.1) is 19.1 Å². The van der Waals surface area contributed by atoms with Crippen molar-refractivity contribution in [2.45, 2.75) is 32.1 Å². The zero-order chi connectivity index (χ0) is 22.4. The Labute approximate surface area is 189 Å². The van der Waals surface area contributed by atoms with E-state index in [0.29, 0.717) is 62.9 Å². The van der Waals surface area contributed by atoms with Gasteiger partial charge in [0, 0.05) is 31.9 Å². The molecule has 0 radical (unpaired) electrons.